The summed E-state index contributed by atoms with van der Waals surface area (Å²) in [5.41, 5.74) is 2.76. The minimum atomic E-state index is -0.533. The van der Waals surface area contributed by atoms with Gasteiger partial charge in [0.2, 0.25) is 5.82 Å². The standard InChI is InChI=1S/C6H8N4O2.ClH/c1-4-2-5(10(11)12)6(9-7)8-3-4;/h2-3H,7H2,1H3,(H,8,9);1H. The lowest BCUT2D eigenvalue weighted by atomic mass is 10.3. The average molecular weight is 205 g/mol. The van der Waals surface area contributed by atoms with Crippen molar-refractivity contribution >= 4 is 23.9 Å². The zero-order chi connectivity index (χ0) is 9.14. The molecule has 72 valence electrons. The summed E-state index contributed by atoms with van der Waals surface area (Å²) in [6, 6.07) is 1.40. The van der Waals surface area contributed by atoms with E-state index in [9.17, 15) is 10.1 Å². The first-order valence-electron chi connectivity index (χ1n) is 3.23. The van der Waals surface area contributed by atoms with Crippen LogP contribution in [0.1, 0.15) is 5.56 Å². The fourth-order valence-corrected chi connectivity index (χ4v) is 0.804. The highest BCUT2D eigenvalue weighted by atomic mass is 35.5. The smallest absolute Gasteiger partial charge is 0.303 e. The molecule has 1 rings (SSSR count). The van der Waals surface area contributed by atoms with Gasteiger partial charge in [-0.05, 0) is 12.5 Å². The third kappa shape index (κ3) is 2.53. The highest BCUT2D eigenvalue weighted by molar-refractivity contribution is 5.85. The van der Waals surface area contributed by atoms with Crippen molar-refractivity contribution in [3.63, 3.8) is 0 Å². The summed E-state index contributed by atoms with van der Waals surface area (Å²) in [6.45, 7) is 1.72. The van der Waals surface area contributed by atoms with Crippen LogP contribution >= 0.6 is 12.4 Å². The van der Waals surface area contributed by atoms with Crippen molar-refractivity contribution in [3.05, 3.63) is 27.9 Å². The number of pyridine rings is 1. The zero-order valence-electron chi connectivity index (χ0n) is 6.85. The molecule has 0 amide bonds. The van der Waals surface area contributed by atoms with E-state index in [0.29, 0.717) is 0 Å². The third-order valence-corrected chi connectivity index (χ3v) is 1.34. The van der Waals surface area contributed by atoms with E-state index in [1.807, 2.05) is 0 Å². The molecule has 0 radical (unpaired) electrons. The van der Waals surface area contributed by atoms with Crippen molar-refractivity contribution in [2.75, 3.05) is 5.43 Å². The molecule has 0 spiro atoms. The number of aryl methyl sites for hydroxylation is 1. The monoisotopic (exact) mass is 204 g/mol. The van der Waals surface area contributed by atoms with Gasteiger partial charge in [-0.2, -0.15) is 0 Å². The molecule has 3 N–H and O–H groups in total. The van der Waals surface area contributed by atoms with Crippen LogP contribution in [0.2, 0.25) is 0 Å². The Morgan fingerprint density at radius 2 is 2.31 bits per heavy atom. The lowest BCUT2D eigenvalue weighted by Crippen LogP contribution is -2.10. The van der Waals surface area contributed by atoms with Gasteiger partial charge in [-0.25, -0.2) is 10.8 Å². The topological polar surface area (TPSA) is 94.1 Å². The quantitative estimate of drug-likeness (QED) is 0.426. The maximum Gasteiger partial charge on any atom is 0.312 e. The number of nitrogens with two attached hydrogens (primary N) is 1. The number of halogens is 1. The van der Waals surface area contributed by atoms with Crippen LogP contribution in [0.3, 0.4) is 0 Å². The van der Waals surface area contributed by atoms with Gasteiger partial charge in [-0.15, -0.1) is 12.4 Å². The van der Waals surface area contributed by atoms with E-state index in [-0.39, 0.29) is 23.9 Å². The third-order valence-electron chi connectivity index (χ3n) is 1.34. The summed E-state index contributed by atoms with van der Waals surface area (Å²) in [5, 5.41) is 10.4. The number of aromatic nitrogens is 1. The van der Waals surface area contributed by atoms with Crippen LogP contribution in [0.25, 0.3) is 0 Å². The number of nitrogens with zero attached hydrogens (tertiary/aromatic N) is 2. The molecular formula is C6H9ClN4O2. The van der Waals surface area contributed by atoms with Crippen LogP contribution in [-0.4, -0.2) is 9.91 Å². The Morgan fingerprint density at radius 3 is 2.77 bits per heavy atom. The molecule has 0 saturated carbocycles. The van der Waals surface area contributed by atoms with E-state index < -0.39 is 4.92 Å². The number of hydrazine groups is 1. The van der Waals surface area contributed by atoms with Gasteiger partial charge in [0.1, 0.15) is 0 Å². The van der Waals surface area contributed by atoms with Crippen molar-refractivity contribution in [2.45, 2.75) is 6.92 Å². The van der Waals surface area contributed by atoms with Crippen LogP contribution in [0.4, 0.5) is 11.5 Å². The van der Waals surface area contributed by atoms with E-state index >= 15 is 0 Å². The summed E-state index contributed by atoms with van der Waals surface area (Å²) in [5.74, 6) is 5.10. The maximum absolute atomic E-state index is 10.4. The highest BCUT2D eigenvalue weighted by Gasteiger charge is 2.13. The van der Waals surface area contributed by atoms with Crippen molar-refractivity contribution in [1.29, 1.82) is 0 Å². The predicted molar refractivity (Wildman–Crippen MR) is 50.7 cm³/mol. The molecule has 0 aliphatic carbocycles. The second-order valence-electron chi connectivity index (χ2n) is 2.28. The van der Waals surface area contributed by atoms with Gasteiger partial charge in [0.15, 0.2) is 0 Å². The number of nitrogen functional groups attached to an aromatic ring is 1. The summed E-state index contributed by atoms with van der Waals surface area (Å²) in [4.78, 5) is 13.6. The molecule has 6 nitrogen and oxygen atoms in total. The van der Waals surface area contributed by atoms with Crippen molar-refractivity contribution in [3.8, 4) is 0 Å². The molecule has 0 aliphatic rings. The second kappa shape index (κ2) is 4.58. The molecule has 1 aromatic heterocycles. The molecule has 1 aromatic rings. The van der Waals surface area contributed by atoms with E-state index in [1.165, 1.54) is 12.3 Å². The first-order chi connectivity index (χ1) is 5.65. The Hall–Kier alpha value is -1.40. The first kappa shape index (κ1) is 11.6. The molecule has 0 aliphatic heterocycles. The van der Waals surface area contributed by atoms with Gasteiger partial charge in [0.25, 0.3) is 0 Å². The minimum absolute atomic E-state index is 0. The normalized spacial score (nSPS) is 8.77. The van der Waals surface area contributed by atoms with E-state index in [4.69, 9.17) is 5.84 Å². The molecule has 0 unspecified atom stereocenters. The number of hydrogen-bond acceptors (Lipinski definition) is 5. The van der Waals surface area contributed by atoms with Gasteiger partial charge in [0.05, 0.1) is 4.92 Å². The number of rotatable bonds is 2. The molecule has 0 saturated heterocycles. The predicted octanol–water partition coefficient (Wildman–Crippen LogP) is 1.01. The molecule has 7 heteroatoms. The van der Waals surface area contributed by atoms with Crippen molar-refractivity contribution in [2.24, 2.45) is 5.84 Å². The van der Waals surface area contributed by atoms with Gasteiger partial charge < -0.3 is 5.43 Å². The van der Waals surface area contributed by atoms with Crippen molar-refractivity contribution < 1.29 is 4.92 Å². The van der Waals surface area contributed by atoms with Gasteiger partial charge in [-0.1, -0.05) is 0 Å². The number of hydrogen-bond donors (Lipinski definition) is 2. The summed E-state index contributed by atoms with van der Waals surface area (Å²) in [7, 11) is 0. The minimum Gasteiger partial charge on any atom is -0.303 e. The Morgan fingerprint density at radius 1 is 1.69 bits per heavy atom. The van der Waals surface area contributed by atoms with Crippen LogP contribution in [0.15, 0.2) is 12.3 Å². The van der Waals surface area contributed by atoms with Crippen LogP contribution in [0, 0.1) is 17.0 Å². The Balaban J connectivity index is 0.00000144. The summed E-state index contributed by atoms with van der Waals surface area (Å²) >= 11 is 0. The number of nitro groups is 1. The fraction of sp³-hybridized carbons (Fsp3) is 0.167. The Kier molecular flexibility index (Phi) is 4.09. The fourth-order valence-electron chi connectivity index (χ4n) is 0.804. The number of nitrogens with one attached hydrogen (secondary N) is 1. The highest BCUT2D eigenvalue weighted by Crippen LogP contribution is 2.20. The van der Waals surface area contributed by atoms with Gasteiger partial charge in [-0.3, -0.25) is 10.1 Å². The largest absolute Gasteiger partial charge is 0.312 e. The lowest BCUT2D eigenvalue weighted by molar-refractivity contribution is -0.384. The van der Waals surface area contributed by atoms with Crippen molar-refractivity contribution in [1.82, 2.24) is 4.98 Å². The molecule has 0 aromatic carbocycles. The maximum atomic E-state index is 10.4. The molecule has 0 atom stereocenters. The SMILES string of the molecule is Cc1cnc(NN)c([N+](=O)[O-])c1.Cl. The number of anilines is 1. The zero-order valence-corrected chi connectivity index (χ0v) is 7.67. The average Bonchev–Trinajstić information content (AvgIpc) is 2.04. The lowest BCUT2D eigenvalue weighted by Gasteiger charge is -2.00. The second-order valence-corrected chi connectivity index (χ2v) is 2.28. The molecule has 0 fully saturated rings. The van der Waals surface area contributed by atoms with Gasteiger partial charge in [0, 0.05) is 12.3 Å². The summed E-state index contributed by atoms with van der Waals surface area (Å²) in [6.07, 6.45) is 1.50. The molecule has 1 heterocycles. The Bertz CT molecular complexity index is 318. The Labute approximate surface area is 80.7 Å². The summed E-state index contributed by atoms with van der Waals surface area (Å²) < 4.78 is 0. The van der Waals surface area contributed by atoms with Crippen LogP contribution < -0.4 is 11.3 Å². The molecular weight excluding hydrogens is 196 g/mol. The van der Waals surface area contributed by atoms with E-state index in [2.05, 4.69) is 10.4 Å². The van der Waals surface area contributed by atoms with Gasteiger partial charge >= 0.3 is 5.69 Å². The molecule has 0 bridgehead atoms. The van der Waals surface area contributed by atoms with E-state index in [0.717, 1.165) is 5.56 Å². The van der Waals surface area contributed by atoms with Crippen LogP contribution in [0.5, 0.6) is 0 Å². The van der Waals surface area contributed by atoms with Crippen LogP contribution in [-0.2, 0) is 0 Å². The first-order valence-corrected chi connectivity index (χ1v) is 3.23. The molecule has 13 heavy (non-hydrogen) atoms. The van der Waals surface area contributed by atoms with E-state index in [1.54, 1.807) is 6.92 Å².